The Morgan fingerprint density at radius 1 is 0.893 bits per heavy atom. The number of halogens is 5. The minimum Gasteiger partial charge on any atom is -0.348 e. The Labute approximate surface area is 156 Å². The van der Waals surface area contributed by atoms with E-state index in [9.17, 15) is 22.0 Å². The number of fused-ring (bicyclic) bond motifs is 1. The third kappa shape index (κ3) is 3.58. The van der Waals surface area contributed by atoms with Crippen molar-refractivity contribution in [3.63, 3.8) is 0 Å². The molecule has 0 aliphatic carbocycles. The van der Waals surface area contributed by atoms with Crippen LogP contribution in [0, 0.1) is 11.6 Å². The number of hydrogen-bond acceptors (Lipinski definition) is 2. The van der Waals surface area contributed by atoms with E-state index in [0.29, 0.717) is 17.5 Å². The molecule has 4 rings (SSSR count). The minimum absolute atomic E-state index is 0.0126. The van der Waals surface area contributed by atoms with Gasteiger partial charge in [0.05, 0.1) is 16.8 Å². The zero-order valence-electron chi connectivity index (χ0n) is 14.2. The lowest BCUT2D eigenvalue weighted by Gasteiger charge is -2.12. The Kier molecular flexibility index (Phi) is 4.33. The quantitative estimate of drug-likeness (QED) is 0.440. The summed E-state index contributed by atoms with van der Waals surface area (Å²) in [6.45, 7) is 0.0126. The predicted molar refractivity (Wildman–Crippen MR) is 92.5 cm³/mol. The monoisotopic (exact) mass is 389 g/mol. The molecule has 28 heavy (non-hydrogen) atoms. The maximum atomic E-state index is 13.9. The topological polar surface area (TPSA) is 30.7 Å². The second-order valence-electron chi connectivity index (χ2n) is 6.26. The highest BCUT2D eigenvalue weighted by Crippen LogP contribution is 2.31. The molecule has 2 aromatic rings. The van der Waals surface area contributed by atoms with Gasteiger partial charge in [0, 0.05) is 18.9 Å². The molecule has 2 aliphatic heterocycles. The highest BCUT2D eigenvalue weighted by atomic mass is 19.4. The van der Waals surface area contributed by atoms with Crippen molar-refractivity contribution in [1.29, 1.82) is 0 Å². The summed E-state index contributed by atoms with van der Waals surface area (Å²) in [4.78, 5) is 8.57. The summed E-state index contributed by atoms with van der Waals surface area (Å²) in [7, 11) is 0. The third-order valence-corrected chi connectivity index (χ3v) is 4.19. The van der Waals surface area contributed by atoms with Crippen molar-refractivity contribution in [2.75, 3.05) is 0 Å². The van der Waals surface area contributed by atoms with Crippen LogP contribution in [-0.4, -0.2) is 14.5 Å². The Balaban J connectivity index is 1.67. The van der Waals surface area contributed by atoms with E-state index < -0.39 is 23.4 Å². The molecular weight excluding hydrogens is 377 g/mol. The van der Waals surface area contributed by atoms with Crippen molar-refractivity contribution in [3.8, 4) is 22.8 Å². The number of hydrogen-bond donors (Lipinski definition) is 0. The van der Waals surface area contributed by atoms with Crippen molar-refractivity contribution in [3.05, 3.63) is 83.7 Å². The maximum absolute atomic E-state index is 13.9. The van der Waals surface area contributed by atoms with Crippen LogP contribution in [0.15, 0.2) is 60.9 Å². The van der Waals surface area contributed by atoms with E-state index >= 15 is 0 Å². The standard InChI is InChI=1S/C20H12F5N3/c21-14-8-12(7-13(9-14)20(23,24)25)10-28-6-5-17-18(11-28)27-19(26-17)15-3-1-2-4-16(15)22/h1-9,11H,10H2. The smallest absolute Gasteiger partial charge is 0.348 e. The van der Waals surface area contributed by atoms with Crippen molar-refractivity contribution >= 4 is 0 Å². The second kappa shape index (κ2) is 6.70. The average Bonchev–Trinajstić information content (AvgIpc) is 3.04. The molecule has 3 nitrogen and oxygen atoms in total. The Morgan fingerprint density at radius 2 is 1.64 bits per heavy atom. The molecule has 8 heteroatoms. The van der Waals surface area contributed by atoms with Crippen LogP contribution in [0.2, 0.25) is 0 Å². The predicted octanol–water partition coefficient (Wildman–Crippen LogP) is 5.40. The lowest BCUT2D eigenvalue weighted by molar-refractivity contribution is -0.137. The van der Waals surface area contributed by atoms with Gasteiger partial charge in [-0.3, -0.25) is 0 Å². The molecule has 0 unspecified atom stereocenters. The Bertz CT molecular complexity index is 1120. The first kappa shape index (κ1) is 18.1. The molecule has 0 spiro atoms. The molecule has 0 aromatic heterocycles. The maximum Gasteiger partial charge on any atom is 0.416 e. The number of rotatable bonds is 3. The molecule has 0 N–H and O–H groups in total. The highest BCUT2D eigenvalue weighted by molar-refractivity contribution is 5.65. The van der Waals surface area contributed by atoms with E-state index in [1.54, 1.807) is 41.2 Å². The zero-order valence-corrected chi connectivity index (χ0v) is 14.2. The fourth-order valence-corrected chi connectivity index (χ4v) is 2.93. The van der Waals surface area contributed by atoms with Gasteiger partial charge in [-0.2, -0.15) is 13.2 Å². The summed E-state index contributed by atoms with van der Waals surface area (Å²) in [6, 6.07) is 10.1. The number of pyridine rings is 1. The van der Waals surface area contributed by atoms with Crippen molar-refractivity contribution in [2.24, 2.45) is 0 Å². The molecule has 0 saturated carbocycles. The van der Waals surface area contributed by atoms with Crippen molar-refractivity contribution in [2.45, 2.75) is 12.7 Å². The molecule has 0 bridgehead atoms. The molecule has 0 atom stereocenters. The van der Waals surface area contributed by atoms with Gasteiger partial charge in [0.25, 0.3) is 0 Å². The number of aromatic nitrogens is 3. The van der Waals surface area contributed by atoms with Gasteiger partial charge in [-0.1, -0.05) is 12.1 Å². The SMILES string of the molecule is Fc1cc(Cn2ccc3nc(-c4ccccc4F)nc-3c2)cc(C(F)(F)F)c1. The lowest BCUT2D eigenvalue weighted by atomic mass is 10.1. The van der Waals surface area contributed by atoms with Crippen LogP contribution in [0.4, 0.5) is 22.0 Å². The summed E-state index contributed by atoms with van der Waals surface area (Å²) < 4.78 is 67.7. The molecule has 2 aliphatic rings. The summed E-state index contributed by atoms with van der Waals surface area (Å²) in [6.07, 6.45) is -1.46. The first-order chi connectivity index (χ1) is 13.3. The second-order valence-corrected chi connectivity index (χ2v) is 6.26. The summed E-state index contributed by atoms with van der Waals surface area (Å²) in [5, 5.41) is 0. The summed E-state index contributed by atoms with van der Waals surface area (Å²) in [5.41, 5.74) is 0.341. The van der Waals surface area contributed by atoms with Crippen LogP contribution in [0.1, 0.15) is 11.1 Å². The molecule has 2 heterocycles. The normalized spacial score (nSPS) is 11.9. The van der Waals surface area contributed by atoms with Gasteiger partial charge in [0.15, 0.2) is 5.82 Å². The van der Waals surface area contributed by atoms with E-state index in [0.717, 1.165) is 12.1 Å². The van der Waals surface area contributed by atoms with Crippen LogP contribution < -0.4 is 0 Å². The Morgan fingerprint density at radius 3 is 2.39 bits per heavy atom. The van der Waals surface area contributed by atoms with Crippen molar-refractivity contribution in [1.82, 2.24) is 14.5 Å². The van der Waals surface area contributed by atoms with E-state index in [4.69, 9.17) is 0 Å². The first-order valence-corrected chi connectivity index (χ1v) is 8.25. The number of benzene rings is 2. The van der Waals surface area contributed by atoms with Crippen LogP contribution in [0.5, 0.6) is 0 Å². The third-order valence-electron chi connectivity index (χ3n) is 4.19. The molecule has 0 radical (unpaired) electrons. The molecule has 0 amide bonds. The molecule has 0 saturated heterocycles. The summed E-state index contributed by atoms with van der Waals surface area (Å²) >= 11 is 0. The van der Waals surface area contributed by atoms with Gasteiger partial charge in [-0.15, -0.1) is 0 Å². The molecule has 2 aromatic carbocycles. The number of nitrogens with zero attached hydrogens (tertiary/aromatic N) is 3. The van der Waals surface area contributed by atoms with Gasteiger partial charge < -0.3 is 4.57 Å². The molecular formula is C20H12F5N3. The van der Waals surface area contributed by atoms with Crippen LogP contribution >= 0.6 is 0 Å². The van der Waals surface area contributed by atoms with Crippen molar-refractivity contribution < 1.29 is 22.0 Å². The minimum atomic E-state index is -4.63. The van der Waals surface area contributed by atoms with E-state index in [-0.39, 0.29) is 23.5 Å². The highest BCUT2D eigenvalue weighted by Gasteiger charge is 2.31. The van der Waals surface area contributed by atoms with Gasteiger partial charge in [-0.05, 0) is 42.0 Å². The van der Waals surface area contributed by atoms with Gasteiger partial charge >= 0.3 is 6.18 Å². The fourth-order valence-electron chi connectivity index (χ4n) is 2.93. The van der Waals surface area contributed by atoms with Gasteiger partial charge in [0.2, 0.25) is 0 Å². The lowest BCUT2D eigenvalue weighted by Crippen LogP contribution is -2.08. The van der Waals surface area contributed by atoms with Crippen LogP contribution in [-0.2, 0) is 12.7 Å². The largest absolute Gasteiger partial charge is 0.416 e. The Hall–Kier alpha value is -3.29. The average molecular weight is 389 g/mol. The fraction of sp³-hybridized carbons (Fsp3) is 0.100. The zero-order chi connectivity index (χ0) is 19.9. The van der Waals surface area contributed by atoms with E-state index in [1.165, 1.54) is 6.07 Å². The number of alkyl halides is 3. The van der Waals surface area contributed by atoms with Gasteiger partial charge in [-0.25, -0.2) is 18.7 Å². The van der Waals surface area contributed by atoms with Crippen LogP contribution in [0.3, 0.4) is 0 Å². The summed E-state index contributed by atoms with van der Waals surface area (Å²) in [5.74, 6) is -1.19. The first-order valence-electron chi connectivity index (χ1n) is 8.25. The number of imidazole rings is 1. The molecule has 142 valence electrons. The van der Waals surface area contributed by atoms with E-state index in [2.05, 4.69) is 9.97 Å². The molecule has 0 fully saturated rings. The van der Waals surface area contributed by atoms with Gasteiger partial charge in [0.1, 0.15) is 17.3 Å². The van der Waals surface area contributed by atoms with Crippen LogP contribution in [0.25, 0.3) is 22.8 Å². The van der Waals surface area contributed by atoms with E-state index in [1.807, 2.05) is 0 Å².